The maximum Gasteiger partial charge on any atom is 0.314 e. The van der Waals surface area contributed by atoms with Gasteiger partial charge in [0.2, 0.25) is 5.89 Å². The average molecular weight is 349 g/mol. The second kappa shape index (κ2) is 8.62. The van der Waals surface area contributed by atoms with Crippen molar-refractivity contribution in [3.63, 3.8) is 0 Å². The van der Waals surface area contributed by atoms with Crippen molar-refractivity contribution in [1.82, 2.24) is 15.6 Å². The lowest BCUT2D eigenvalue weighted by Crippen LogP contribution is -2.46. The Labute approximate surface area is 146 Å². The van der Waals surface area contributed by atoms with Gasteiger partial charge in [0.15, 0.2) is 0 Å². The van der Waals surface area contributed by atoms with Crippen molar-refractivity contribution in [3.05, 3.63) is 42.0 Å². The SMILES string of the molecule is CCC(O)(CC)CNC(=O)NCCc1coc(-c2ccc(F)cc2)n1. The third-order valence-electron chi connectivity index (χ3n) is 4.20. The van der Waals surface area contributed by atoms with Gasteiger partial charge in [-0.2, -0.15) is 0 Å². The van der Waals surface area contributed by atoms with Gasteiger partial charge >= 0.3 is 6.03 Å². The van der Waals surface area contributed by atoms with Crippen LogP contribution in [0.3, 0.4) is 0 Å². The molecule has 7 heteroatoms. The number of nitrogens with one attached hydrogen (secondary N) is 2. The molecule has 0 aliphatic carbocycles. The Hall–Kier alpha value is -2.41. The van der Waals surface area contributed by atoms with Crippen LogP contribution in [0.15, 0.2) is 34.9 Å². The summed E-state index contributed by atoms with van der Waals surface area (Å²) in [7, 11) is 0. The number of halogens is 1. The van der Waals surface area contributed by atoms with E-state index < -0.39 is 5.60 Å². The molecule has 1 aromatic carbocycles. The predicted octanol–water partition coefficient (Wildman–Crippen LogP) is 2.87. The van der Waals surface area contributed by atoms with Crippen LogP contribution in [0.2, 0.25) is 0 Å². The first-order valence-electron chi connectivity index (χ1n) is 8.40. The Kier molecular flexibility index (Phi) is 6.52. The molecule has 0 fully saturated rings. The third-order valence-corrected chi connectivity index (χ3v) is 4.20. The number of urea groups is 1. The highest BCUT2D eigenvalue weighted by atomic mass is 19.1. The molecule has 1 heterocycles. The largest absolute Gasteiger partial charge is 0.444 e. The number of aromatic nitrogens is 1. The van der Waals surface area contributed by atoms with E-state index in [0.29, 0.717) is 43.0 Å². The predicted molar refractivity (Wildman–Crippen MR) is 92.5 cm³/mol. The zero-order chi connectivity index (χ0) is 18.3. The molecule has 25 heavy (non-hydrogen) atoms. The molecule has 0 aliphatic heterocycles. The summed E-state index contributed by atoms with van der Waals surface area (Å²) in [6, 6.07) is 5.55. The molecule has 0 aliphatic rings. The summed E-state index contributed by atoms with van der Waals surface area (Å²) in [5, 5.41) is 15.5. The number of nitrogens with zero attached hydrogens (tertiary/aromatic N) is 1. The van der Waals surface area contributed by atoms with Gasteiger partial charge in [0.05, 0.1) is 11.3 Å². The van der Waals surface area contributed by atoms with Gasteiger partial charge < -0.3 is 20.2 Å². The number of oxazole rings is 1. The van der Waals surface area contributed by atoms with Gasteiger partial charge in [0, 0.05) is 25.1 Å². The first-order valence-corrected chi connectivity index (χ1v) is 8.40. The monoisotopic (exact) mass is 349 g/mol. The maximum absolute atomic E-state index is 12.9. The van der Waals surface area contributed by atoms with Crippen LogP contribution in [-0.4, -0.2) is 34.8 Å². The number of rotatable bonds is 8. The molecule has 0 spiro atoms. The standard InChI is InChI=1S/C18H24FN3O3/c1-3-18(24,4-2)12-21-17(23)20-10-9-15-11-25-16(22-15)13-5-7-14(19)8-6-13/h5-8,11,24H,3-4,9-10,12H2,1-2H3,(H2,20,21,23). The third kappa shape index (κ3) is 5.56. The van der Waals surface area contributed by atoms with E-state index in [1.54, 1.807) is 12.1 Å². The number of hydrogen-bond acceptors (Lipinski definition) is 4. The van der Waals surface area contributed by atoms with Gasteiger partial charge in [-0.3, -0.25) is 0 Å². The lowest BCUT2D eigenvalue weighted by molar-refractivity contribution is 0.0349. The number of carbonyl (C=O) groups excluding carboxylic acids is 1. The minimum atomic E-state index is -0.868. The fourth-order valence-electron chi connectivity index (χ4n) is 2.26. The summed E-state index contributed by atoms with van der Waals surface area (Å²) in [6.45, 7) is 4.36. The second-order valence-electron chi connectivity index (χ2n) is 5.94. The zero-order valence-corrected chi connectivity index (χ0v) is 14.5. The van der Waals surface area contributed by atoms with E-state index in [0.717, 1.165) is 0 Å². The molecule has 0 saturated carbocycles. The van der Waals surface area contributed by atoms with E-state index in [1.807, 2.05) is 13.8 Å². The summed E-state index contributed by atoms with van der Waals surface area (Å²) >= 11 is 0. The highest BCUT2D eigenvalue weighted by Gasteiger charge is 2.22. The van der Waals surface area contributed by atoms with Crippen LogP contribution in [-0.2, 0) is 6.42 Å². The Balaban J connectivity index is 1.77. The lowest BCUT2D eigenvalue weighted by atomic mass is 9.98. The minimum absolute atomic E-state index is 0.213. The molecule has 6 nitrogen and oxygen atoms in total. The molecule has 0 bridgehead atoms. The number of carbonyl (C=O) groups is 1. The topological polar surface area (TPSA) is 87.4 Å². The minimum Gasteiger partial charge on any atom is -0.444 e. The van der Waals surface area contributed by atoms with Crippen molar-refractivity contribution in [2.24, 2.45) is 0 Å². The Bertz CT molecular complexity index is 681. The number of benzene rings is 1. The van der Waals surface area contributed by atoms with Crippen LogP contribution in [0.4, 0.5) is 9.18 Å². The van der Waals surface area contributed by atoms with E-state index in [4.69, 9.17) is 4.42 Å². The lowest BCUT2D eigenvalue weighted by Gasteiger charge is -2.25. The molecule has 2 amide bonds. The molecule has 2 aromatic rings. The van der Waals surface area contributed by atoms with Crippen molar-refractivity contribution < 1.29 is 18.7 Å². The molecule has 0 radical (unpaired) electrons. The molecule has 3 N–H and O–H groups in total. The fraction of sp³-hybridized carbons (Fsp3) is 0.444. The van der Waals surface area contributed by atoms with Gasteiger partial charge in [-0.25, -0.2) is 14.2 Å². The van der Waals surface area contributed by atoms with E-state index in [2.05, 4.69) is 15.6 Å². The van der Waals surface area contributed by atoms with Crippen LogP contribution in [0.5, 0.6) is 0 Å². The normalized spacial score (nSPS) is 11.4. The number of hydrogen-bond donors (Lipinski definition) is 3. The van der Waals surface area contributed by atoms with E-state index in [1.165, 1.54) is 18.4 Å². The highest BCUT2D eigenvalue weighted by Crippen LogP contribution is 2.19. The van der Waals surface area contributed by atoms with Crippen LogP contribution in [0, 0.1) is 5.82 Å². The summed E-state index contributed by atoms with van der Waals surface area (Å²) < 4.78 is 18.3. The molecule has 136 valence electrons. The molecule has 2 rings (SSSR count). The average Bonchev–Trinajstić information content (AvgIpc) is 3.09. The van der Waals surface area contributed by atoms with Crippen molar-refractivity contribution in [3.8, 4) is 11.5 Å². The summed E-state index contributed by atoms with van der Waals surface area (Å²) in [6.07, 6.45) is 3.18. The zero-order valence-electron chi connectivity index (χ0n) is 14.5. The molecular formula is C18H24FN3O3. The number of aliphatic hydroxyl groups is 1. The van der Waals surface area contributed by atoms with E-state index >= 15 is 0 Å². The number of amides is 2. The fourth-order valence-corrected chi connectivity index (χ4v) is 2.26. The molecule has 0 unspecified atom stereocenters. The van der Waals surface area contributed by atoms with Crippen LogP contribution >= 0.6 is 0 Å². The van der Waals surface area contributed by atoms with Crippen molar-refractivity contribution in [2.75, 3.05) is 13.1 Å². The van der Waals surface area contributed by atoms with Gasteiger partial charge in [0.25, 0.3) is 0 Å². The first kappa shape index (κ1) is 18.9. The Morgan fingerprint density at radius 3 is 2.56 bits per heavy atom. The van der Waals surface area contributed by atoms with Crippen molar-refractivity contribution in [2.45, 2.75) is 38.7 Å². The first-order chi connectivity index (χ1) is 12.0. The summed E-state index contributed by atoms with van der Waals surface area (Å²) in [5.41, 5.74) is 0.517. The second-order valence-corrected chi connectivity index (χ2v) is 5.94. The van der Waals surface area contributed by atoms with E-state index in [-0.39, 0.29) is 18.4 Å². The summed E-state index contributed by atoms with van der Waals surface area (Å²) in [5.74, 6) is 0.0965. The van der Waals surface area contributed by atoms with Gasteiger partial charge in [-0.05, 0) is 37.1 Å². The van der Waals surface area contributed by atoms with Crippen LogP contribution in [0.25, 0.3) is 11.5 Å². The van der Waals surface area contributed by atoms with Gasteiger partial charge in [-0.15, -0.1) is 0 Å². The Morgan fingerprint density at radius 1 is 1.24 bits per heavy atom. The molecule has 1 aromatic heterocycles. The highest BCUT2D eigenvalue weighted by molar-refractivity contribution is 5.73. The van der Waals surface area contributed by atoms with Gasteiger partial charge in [-0.1, -0.05) is 13.8 Å². The van der Waals surface area contributed by atoms with Crippen molar-refractivity contribution >= 4 is 6.03 Å². The smallest absolute Gasteiger partial charge is 0.314 e. The van der Waals surface area contributed by atoms with Crippen LogP contribution < -0.4 is 10.6 Å². The summed E-state index contributed by atoms with van der Waals surface area (Å²) in [4.78, 5) is 16.1. The molecule has 0 atom stereocenters. The Morgan fingerprint density at radius 2 is 1.92 bits per heavy atom. The van der Waals surface area contributed by atoms with Crippen LogP contribution in [0.1, 0.15) is 32.4 Å². The molecular weight excluding hydrogens is 325 g/mol. The molecule has 0 saturated heterocycles. The van der Waals surface area contributed by atoms with E-state index in [9.17, 15) is 14.3 Å². The van der Waals surface area contributed by atoms with Crippen molar-refractivity contribution in [1.29, 1.82) is 0 Å². The quantitative estimate of drug-likeness (QED) is 0.684. The maximum atomic E-state index is 12.9. The van der Waals surface area contributed by atoms with Gasteiger partial charge in [0.1, 0.15) is 12.1 Å².